The molecule has 100 valence electrons. The molecule has 0 fully saturated rings. The summed E-state index contributed by atoms with van der Waals surface area (Å²) in [6.07, 6.45) is 1.78. The number of halogens is 1. The fourth-order valence-corrected chi connectivity index (χ4v) is 2.55. The molecule has 0 aliphatic carbocycles. The highest BCUT2D eigenvalue weighted by atomic mass is 35.5. The Morgan fingerprint density at radius 2 is 1.68 bits per heavy atom. The number of hydrogen-bond donors (Lipinski definition) is 2. The van der Waals surface area contributed by atoms with Gasteiger partial charge in [-0.15, -0.1) is 0 Å². The van der Waals surface area contributed by atoms with Crippen molar-refractivity contribution < 1.29 is 0 Å². The van der Waals surface area contributed by atoms with E-state index in [1.807, 2.05) is 30.3 Å². The number of nitrogens with two attached hydrogens (primary N) is 1. The van der Waals surface area contributed by atoms with E-state index in [9.17, 15) is 0 Å². The minimum atomic E-state index is 0.0797. The predicted molar refractivity (Wildman–Crippen MR) is 81.0 cm³/mol. The van der Waals surface area contributed by atoms with Gasteiger partial charge in [0.05, 0.1) is 6.04 Å². The molecule has 0 radical (unpaired) electrons. The van der Waals surface area contributed by atoms with E-state index in [1.165, 1.54) is 11.1 Å². The van der Waals surface area contributed by atoms with E-state index in [2.05, 4.69) is 30.5 Å². The quantitative estimate of drug-likeness (QED) is 0.645. The van der Waals surface area contributed by atoms with Crippen molar-refractivity contribution >= 4 is 11.6 Å². The molecular formula is C16H19ClN2. The standard InChI is InChI=1S/C16H19ClN2/c1-2-12-7-3-5-9-14(12)16(19-18)11-13-8-4-6-10-15(13)17/h3-10,16,19H,2,11,18H2,1H3. The Labute approximate surface area is 119 Å². The van der Waals surface area contributed by atoms with Crippen LogP contribution in [0.5, 0.6) is 0 Å². The summed E-state index contributed by atoms with van der Waals surface area (Å²) in [6, 6.07) is 16.4. The van der Waals surface area contributed by atoms with Crippen molar-refractivity contribution in [2.24, 2.45) is 5.84 Å². The topological polar surface area (TPSA) is 38.0 Å². The summed E-state index contributed by atoms with van der Waals surface area (Å²) in [4.78, 5) is 0. The molecule has 0 heterocycles. The minimum Gasteiger partial charge on any atom is -0.271 e. The van der Waals surface area contributed by atoms with Gasteiger partial charge in [0.25, 0.3) is 0 Å². The molecule has 0 saturated heterocycles. The van der Waals surface area contributed by atoms with E-state index in [-0.39, 0.29) is 6.04 Å². The maximum atomic E-state index is 6.22. The average Bonchev–Trinajstić information content (AvgIpc) is 2.46. The molecule has 2 rings (SSSR count). The lowest BCUT2D eigenvalue weighted by Crippen LogP contribution is -2.30. The van der Waals surface area contributed by atoms with Crippen molar-refractivity contribution in [2.75, 3.05) is 0 Å². The molecule has 19 heavy (non-hydrogen) atoms. The molecule has 1 atom stereocenters. The SMILES string of the molecule is CCc1ccccc1C(Cc1ccccc1Cl)NN. The van der Waals surface area contributed by atoms with Crippen LogP contribution in [-0.2, 0) is 12.8 Å². The van der Waals surface area contributed by atoms with Crippen molar-refractivity contribution in [1.82, 2.24) is 5.43 Å². The minimum absolute atomic E-state index is 0.0797. The van der Waals surface area contributed by atoms with Crippen molar-refractivity contribution in [3.8, 4) is 0 Å². The van der Waals surface area contributed by atoms with Crippen molar-refractivity contribution in [1.29, 1.82) is 0 Å². The summed E-state index contributed by atoms with van der Waals surface area (Å²) in [5, 5.41) is 0.789. The second kappa shape index (κ2) is 6.71. The van der Waals surface area contributed by atoms with E-state index in [4.69, 9.17) is 17.4 Å². The largest absolute Gasteiger partial charge is 0.271 e. The Kier molecular flexibility index (Phi) is 4.97. The van der Waals surface area contributed by atoms with Gasteiger partial charge in [-0.1, -0.05) is 61.0 Å². The zero-order chi connectivity index (χ0) is 13.7. The normalized spacial score (nSPS) is 12.4. The van der Waals surface area contributed by atoms with Gasteiger partial charge < -0.3 is 0 Å². The Morgan fingerprint density at radius 1 is 1.05 bits per heavy atom. The molecule has 1 unspecified atom stereocenters. The number of hydrazine groups is 1. The average molecular weight is 275 g/mol. The van der Waals surface area contributed by atoms with E-state index in [0.29, 0.717) is 0 Å². The third-order valence-corrected chi connectivity index (χ3v) is 3.76. The number of rotatable bonds is 5. The van der Waals surface area contributed by atoms with E-state index >= 15 is 0 Å². The zero-order valence-corrected chi connectivity index (χ0v) is 11.8. The third kappa shape index (κ3) is 3.35. The summed E-state index contributed by atoms with van der Waals surface area (Å²) in [7, 11) is 0. The van der Waals surface area contributed by atoms with Crippen LogP contribution >= 0.6 is 11.6 Å². The Hall–Kier alpha value is -1.35. The monoisotopic (exact) mass is 274 g/mol. The van der Waals surface area contributed by atoms with E-state index < -0.39 is 0 Å². The summed E-state index contributed by atoms with van der Waals surface area (Å²) in [6.45, 7) is 2.15. The maximum absolute atomic E-state index is 6.22. The molecule has 0 aliphatic heterocycles. The first-order valence-electron chi connectivity index (χ1n) is 6.53. The number of aryl methyl sites for hydroxylation is 1. The fourth-order valence-electron chi connectivity index (χ4n) is 2.34. The van der Waals surface area contributed by atoms with Gasteiger partial charge in [-0.25, -0.2) is 0 Å². The summed E-state index contributed by atoms with van der Waals surface area (Å²) < 4.78 is 0. The zero-order valence-electron chi connectivity index (χ0n) is 11.1. The second-order valence-corrected chi connectivity index (χ2v) is 4.97. The second-order valence-electron chi connectivity index (χ2n) is 4.57. The van der Waals surface area contributed by atoms with Crippen LogP contribution in [0.1, 0.15) is 29.7 Å². The van der Waals surface area contributed by atoms with Gasteiger partial charge in [0.1, 0.15) is 0 Å². The predicted octanol–water partition coefficient (Wildman–Crippen LogP) is 3.65. The lowest BCUT2D eigenvalue weighted by molar-refractivity contribution is 0.548. The highest BCUT2D eigenvalue weighted by Gasteiger charge is 2.14. The van der Waals surface area contributed by atoms with Crippen LogP contribution in [0.3, 0.4) is 0 Å². The van der Waals surface area contributed by atoms with Crippen molar-refractivity contribution in [3.63, 3.8) is 0 Å². The molecule has 2 nitrogen and oxygen atoms in total. The molecule has 0 aromatic heterocycles. The maximum Gasteiger partial charge on any atom is 0.0503 e. The molecule has 2 aromatic carbocycles. The molecule has 0 saturated carbocycles. The van der Waals surface area contributed by atoms with Crippen molar-refractivity contribution in [3.05, 3.63) is 70.2 Å². The van der Waals surface area contributed by atoms with Gasteiger partial charge in [0.15, 0.2) is 0 Å². The molecule has 2 aromatic rings. The lowest BCUT2D eigenvalue weighted by atomic mass is 9.94. The smallest absolute Gasteiger partial charge is 0.0503 e. The van der Waals surface area contributed by atoms with Gasteiger partial charge in [-0.2, -0.15) is 0 Å². The highest BCUT2D eigenvalue weighted by molar-refractivity contribution is 6.31. The van der Waals surface area contributed by atoms with Gasteiger partial charge >= 0.3 is 0 Å². The highest BCUT2D eigenvalue weighted by Crippen LogP contribution is 2.25. The first-order chi connectivity index (χ1) is 9.26. The number of benzene rings is 2. The molecule has 0 aliphatic rings. The Morgan fingerprint density at radius 3 is 2.32 bits per heavy atom. The molecule has 0 bridgehead atoms. The third-order valence-electron chi connectivity index (χ3n) is 3.39. The van der Waals surface area contributed by atoms with Crippen LogP contribution in [0, 0.1) is 0 Å². The number of nitrogens with one attached hydrogen (secondary N) is 1. The first-order valence-corrected chi connectivity index (χ1v) is 6.91. The van der Waals surface area contributed by atoms with Crippen LogP contribution in [0.15, 0.2) is 48.5 Å². The molecule has 3 N–H and O–H groups in total. The van der Waals surface area contributed by atoms with Gasteiger partial charge in [-0.3, -0.25) is 11.3 Å². The molecule has 0 amide bonds. The Balaban J connectivity index is 2.28. The lowest BCUT2D eigenvalue weighted by Gasteiger charge is -2.20. The van der Waals surface area contributed by atoms with Crippen LogP contribution in [-0.4, -0.2) is 0 Å². The fraction of sp³-hybridized carbons (Fsp3) is 0.250. The van der Waals surface area contributed by atoms with Gasteiger partial charge in [0.2, 0.25) is 0 Å². The summed E-state index contributed by atoms with van der Waals surface area (Å²) in [5.74, 6) is 5.73. The van der Waals surface area contributed by atoms with Crippen LogP contribution in [0.25, 0.3) is 0 Å². The Bertz CT molecular complexity index is 540. The number of hydrogen-bond acceptors (Lipinski definition) is 2. The van der Waals surface area contributed by atoms with Crippen LogP contribution in [0.2, 0.25) is 5.02 Å². The van der Waals surface area contributed by atoms with Crippen molar-refractivity contribution in [2.45, 2.75) is 25.8 Å². The first kappa shape index (κ1) is 14.1. The van der Waals surface area contributed by atoms with E-state index in [0.717, 1.165) is 23.4 Å². The van der Waals surface area contributed by atoms with Crippen LogP contribution in [0.4, 0.5) is 0 Å². The van der Waals surface area contributed by atoms with Gasteiger partial charge in [0, 0.05) is 5.02 Å². The summed E-state index contributed by atoms with van der Waals surface area (Å²) in [5.41, 5.74) is 6.58. The van der Waals surface area contributed by atoms with Gasteiger partial charge in [-0.05, 0) is 35.6 Å². The van der Waals surface area contributed by atoms with E-state index in [1.54, 1.807) is 0 Å². The molecule has 0 spiro atoms. The van der Waals surface area contributed by atoms with Crippen LogP contribution < -0.4 is 11.3 Å². The summed E-state index contributed by atoms with van der Waals surface area (Å²) >= 11 is 6.22. The molecule has 3 heteroatoms. The molecular weight excluding hydrogens is 256 g/mol.